The van der Waals surface area contributed by atoms with E-state index in [9.17, 15) is 13.2 Å². The van der Waals surface area contributed by atoms with Crippen molar-refractivity contribution in [1.29, 1.82) is 0 Å². The van der Waals surface area contributed by atoms with Gasteiger partial charge in [0.25, 0.3) is 0 Å². The monoisotopic (exact) mass is 444 g/mol. The first kappa shape index (κ1) is 20.7. The van der Waals surface area contributed by atoms with Crippen molar-refractivity contribution in [3.8, 4) is 0 Å². The van der Waals surface area contributed by atoms with E-state index in [0.29, 0.717) is 42.7 Å². The number of hydrogen-bond donors (Lipinski definition) is 1. The Morgan fingerprint density at radius 2 is 1.73 bits per heavy atom. The van der Waals surface area contributed by atoms with E-state index in [4.69, 9.17) is 16.3 Å². The number of anilines is 2. The van der Waals surface area contributed by atoms with Gasteiger partial charge >= 0.3 is 0 Å². The Balaban J connectivity index is 1.55. The van der Waals surface area contributed by atoms with Gasteiger partial charge in [0.2, 0.25) is 5.91 Å². The van der Waals surface area contributed by atoms with Crippen LogP contribution in [0.15, 0.2) is 65.6 Å². The Morgan fingerprint density at radius 1 is 1.00 bits per heavy atom. The number of rotatable bonds is 5. The number of carbonyl (C=O) groups excluding carboxylic acids is 1. The lowest BCUT2D eigenvalue weighted by Crippen LogP contribution is -2.37. The molecule has 1 saturated heterocycles. The Kier molecular flexibility index (Phi) is 5.94. The minimum atomic E-state index is -3.80. The predicted octanol–water partition coefficient (Wildman–Crippen LogP) is 3.74. The van der Waals surface area contributed by atoms with Crippen molar-refractivity contribution in [2.75, 3.05) is 42.3 Å². The number of benzene rings is 3. The lowest BCUT2D eigenvalue weighted by Gasteiger charge is -2.31. The molecule has 30 heavy (non-hydrogen) atoms. The van der Waals surface area contributed by atoms with Gasteiger partial charge in [-0.1, -0.05) is 48.0 Å². The summed E-state index contributed by atoms with van der Waals surface area (Å²) in [4.78, 5) is 14.8. The van der Waals surface area contributed by atoms with Gasteiger partial charge < -0.3 is 15.0 Å². The summed E-state index contributed by atoms with van der Waals surface area (Å²) in [6.07, 6.45) is 0. The zero-order valence-electron chi connectivity index (χ0n) is 16.2. The highest BCUT2D eigenvalue weighted by molar-refractivity contribution is 7.92. The maximum Gasteiger partial charge on any atom is 0.240 e. The molecule has 156 valence electrons. The SMILES string of the molecule is O=C(CS(=O)(=O)c1ccc2ccccc2c1)Nc1cccc(Cl)c1N1CCOCC1. The average Bonchev–Trinajstić information content (AvgIpc) is 2.73. The minimum absolute atomic E-state index is 0.121. The number of fused-ring (bicyclic) bond motifs is 1. The second kappa shape index (κ2) is 8.63. The van der Waals surface area contributed by atoms with E-state index in [0.717, 1.165) is 10.8 Å². The van der Waals surface area contributed by atoms with Crippen LogP contribution < -0.4 is 10.2 Å². The lowest BCUT2D eigenvalue weighted by molar-refractivity contribution is -0.113. The van der Waals surface area contributed by atoms with Crippen molar-refractivity contribution in [2.45, 2.75) is 4.90 Å². The number of sulfone groups is 1. The molecule has 1 aliphatic heterocycles. The molecule has 0 radical (unpaired) electrons. The zero-order valence-corrected chi connectivity index (χ0v) is 17.7. The molecule has 0 aromatic heterocycles. The number of nitrogens with one attached hydrogen (secondary N) is 1. The topological polar surface area (TPSA) is 75.7 Å². The summed E-state index contributed by atoms with van der Waals surface area (Å²) in [7, 11) is -3.80. The standard InChI is InChI=1S/C22H21ClN2O4S/c23-19-6-3-7-20(22(19)25-10-12-29-13-11-25)24-21(26)15-30(27,28)18-9-8-16-4-1-2-5-17(16)14-18/h1-9,14H,10-13,15H2,(H,24,26). The van der Waals surface area contributed by atoms with Gasteiger partial charge in [-0.15, -0.1) is 0 Å². The van der Waals surface area contributed by atoms with Crippen LogP contribution in [0.4, 0.5) is 11.4 Å². The van der Waals surface area contributed by atoms with E-state index < -0.39 is 21.5 Å². The van der Waals surface area contributed by atoms with Gasteiger partial charge in [-0.2, -0.15) is 0 Å². The van der Waals surface area contributed by atoms with E-state index in [1.165, 1.54) is 6.07 Å². The molecule has 8 heteroatoms. The Bertz CT molecular complexity index is 1190. The van der Waals surface area contributed by atoms with Crippen LogP contribution in [-0.4, -0.2) is 46.4 Å². The molecule has 1 fully saturated rings. The molecule has 1 aliphatic rings. The van der Waals surface area contributed by atoms with Gasteiger partial charge in [-0.25, -0.2) is 8.42 Å². The normalized spacial score (nSPS) is 14.6. The fraction of sp³-hybridized carbons (Fsp3) is 0.227. The fourth-order valence-corrected chi connectivity index (χ4v) is 4.99. The molecule has 0 spiro atoms. The van der Waals surface area contributed by atoms with Crippen molar-refractivity contribution < 1.29 is 17.9 Å². The van der Waals surface area contributed by atoms with Crippen LogP contribution >= 0.6 is 11.6 Å². The Hall–Kier alpha value is -2.61. The maximum absolute atomic E-state index is 12.8. The third-order valence-corrected chi connectivity index (χ3v) is 6.91. The molecule has 1 amide bonds. The lowest BCUT2D eigenvalue weighted by atomic mass is 10.1. The van der Waals surface area contributed by atoms with Crippen molar-refractivity contribution in [3.05, 3.63) is 65.7 Å². The smallest absolute Gasteiger partial charge is 0.240 e. The second-order valence-electron chi connectivity index (χ2n) is 7.05. The number of ether oxygens (including phenoxy) is 1. The number of carbonyl (C=O) groups is 1. The van der Waals surface area contributed by atoms with E-state index in [-0.39, 0.29) is 4.90 Å². The van der Waals surface area contributed by atoms with E-state index in [1.54, 1.807) is 30.3 Å². The second-order valence-corrected chi connectivity index (χ2v) is 9.45. The highest BCUT2D eigenvalue weighted by atomic mass is 35.5. The number of halogens is 1. The summed E-state index contributed by atoms with van der Waals surface area (Å²) >= 11 is 6.38. The van der Waals surface area contributed by atoms with Gasteiger partial charge in [-0.3, -0.25) is 4.79 Å². The summed E-state index contributed by atoms with van der Waals surface area (Å²) < 4.78 is 31.0. The highest BCUT2D eigenvalue weighted by Crippen LogP contribution is 2.34. The van der Waals surface area contributed by atoms with E-state index in [2.05, 4.69) is 5.32 Å². The Labute approximate surface area is 180 Å². The molecule has 0 unspecified atom stereocenters. The van der Waals surface area contributed by atoms with Crippen LogP contribution in [0, 0.1) is 0 Å². The fourth-order valence-electron chi connectivity index (χ4n) is 3.53. The number of nitrogens with zero attached hydrogens (tertiary/aromatic N) is 1. The van der Waals surface area contributed by atoms with Crippen LogP contribution in [0.1, 0.15) is 0 Å². The number of morpholine rings is 1. The van der Waals surface area contributed by atoms with Crippen LogP contribution in [0.2, 0.25) is 5.02 Å². The summed E-state index contributed by atoms with van der Waals surface area (Å²) in [5, 5.41) is 4.97. The predicted molar refractivity (Wildman–Crippen MR) is 119 cm³/mol. The third-order valence-electron chi connectivity index (χ3n) is 4.99. The van der Waals surface area contributed by atoms with Gasteiger partial charge in [0, 0.05) is 13.1 Å². The molecule has 3 aromatic rings. The van der Waals surface area contributed by atoms with Crippen molar-refractivity contribution in [1.82, 2.24) is 0 Å². The van der Waals surface area contributed by atoms with Gasteiger partial charge in [-0.05, 0) is 35.0 Å². The number of hydrogen-bond acceptors (Lipinski definition) is 5. The molecule has 1 N–H and O–H groups in total. The summed E-state index contributed by atoms with van der Waals surface area (Å²) in [5.74, 6) is -1.26. The molecule has 0 saturated carbocycles. The molecule has 4 rings (SSSR count). The largest absolute Gasteiger partial charge is 0.378 e. The zero-order chi connectivity index (χ0) is 21.1. The molecule has 0 atom stereocenters. The molecular formula is C22H21ClN2O4S. The van der Waals surface area contributed by atoms with Crippen molar-refractivity contribution >= 4 is 49.5 Å². The van der Waals surface area contributed by atoms with Crippen LogP contribution in [0.3, 0.4) is 0 Å². The molecular weight excluding hydrogens is 424 g/mol. The maximum atomic E-state index is 12.8. The summed E-state index contributed by atoms with van der Waals surface area (Å²) in [6, 6.07) is 17.5. The van der Waals surface area contributed by atoms with Crippen LogP contribution in [0.5, 0.6) is 0 Å². The summed E-state index contributed by atoms with van der Waals surface area (Å²) in [5.41, 5.74) is 1.17. The van der Waals surface area contributed by atoms with Gasteiger partial charge in [0.15, 0.2) is 9.84 Å². The van der Waals surface area contributed by atoms with E-state index >= 15 is 0 Å². The first-order chi connectivity index (χ1) is 14.4. The van der Waals surface area contributed by atoms with Crippen molar-refractivity contribution in [3.63, 3.8) is 0 Å². The molecule has 0 bridgehead atoms. The van der Waals surface area contributed by atoms with E-state index in [1.807, 2.05) is 29.2 Å². The molecule has 6 nitrogen and oxygen atoms in total. The highest BCUT2D eigenvalue weighted by Gasteiger charge is 2.23. The molecule has 3 aromatic carbocycles. The average molecular weight is 445 g/mol. The first-order valence-electron chi connectivity index (χ1n) is 9.57. The molecule has 1 heterocycles. The van der Waals surface area contributed by atoms with Gasteiger partial charge in [0.05, 0.1) is 34.5 Å². The molecule has 0 aliphatic carbocycles. The Morgan fingerprint density at radius 3 is 2.50 bits per heavy atom. The third kappa shape index (κ3) is 4.43. The van der Waals surface area contributed by atoms with Gasteiger partial charge in [0.1, 0.15) is 5.75 Å². The van der Waals surface area contributed by atoms with Crippen molar-refractivity contribution in [2.24, 2.45) is 0 Å². The van der Waals surface area contributed by atoms with Crippen LogP contribution in [-0.2, 0) is 19.4 Å². The number of para-hydroxylation sites is 1. The quantitative estimate of drug-likeness (QED) is 0.648. The first-order valence-corrected chi connectivity index (χ1v) is 11.6. The minimum Gasteiger partial charge on any atom is -0.378 e. The summed E-state index contributed by atoms with van der Waals surface area (Å²) in [6.45, 7) is 2.41. The number of amides is 1. The van der Waals surface area contributed by atoms with Crippen LogP contribution in [0.25, 0.3) is 10.8 Å².